The van der Waals surface area contributed by atoms with Gasteiger partial charge in [0, 0.05) is 13.0 Å². The first kappa shape index (κ1) is 29.0. The molecule has 0 aromatic heterocycles. The zero-order valence-electron chi connectivity index (χ0n) is 19.5. The fraction of sp³-hybridized carbons (Fsp3) is 0.833. The highest BCUT2D eigenvalue weighted by atomic mass is 28.5. The van der Waals surface area contributed by atoms with Gasteiger partial charge in [-0.3, -0.25) is 4.79 Å². The van der Waals surface area contributed by atoms with Crippen molar-refractivity contribution in [2.75, 3.05) is 13.2 Å². The molecule has 2 N–H and O–H groups in total. The topological polar surface area (TPSA) is 94.5 Å². The lowest BCUT2D eigenvalue weighted by molar-refractivity contribution is -0.115. The van der Waals surface area contributed by atoms with E-state index in [-0.39, 0.29) is 12.4 Å². The van der Waals surface area contributed by atoms with E-state index in [1.54, 1.807) is 13.1 Å². The van der Waals surface area contributed by atoms with E-state index in [0.717, 1.165) is 12.5 Å². The van der Waals surface area contributed by atoms with E-state index in [1.165, 1.54) is 6.08 Å². The second kappa shape index (κ2) is 12.2. The predicted octanol–water partition coefficient (Wildman–Crippen LogP) is 3.64. The molecule has 0 bridgehead atoms. The number of ether oxygens (including phenoxy) is 1. The molecular formula is C18H42O7Si4. The number of carbonyl (C=O) groups is 1. The summed E-state index contributed by atoms with van der Waals surface area (Å²) in [5.41, 5.74) is 0. The van der Waals surface area contributed by atoms with Crippen molar-refractivity contribution < 1.29 is 31.8 Å². The lowest BCUT2D eigenvalue weighted by Crippen LogP contribution is -2.56. The summed E-state index contributed by atoms with van der Waals surface area (Å²) in [6, 6.07) is 0.918. The monoisotopic (exact) mass is 482 g/mol. The highest BCUT2D eigenvalue weighted by Gasteiger charge is 2.43. The minimum atomic E-state index is -2.65. The Morgan fingerprint density at radius 3 is 2.07 bits per heavy atom. The standard InChI is InChI=1S/C18H42O7Si4/c1-10-17(19)12-13-18(20)16-22-14-11-15-26(2,3)23-28(6,7)25-29(8,9)24-27(4,5)21/h10,18,20-21H,1,11-16H2,2-9H3. The van der Waals surface area contributed by atoms with Crippen molar-refractivity contribution in [1.82, 2.24) is 0 Å². The zero-order valence-corrected chi connectivity index (χ0v) is 23.5. The number of allylic oxidation sites excluding steroid dienone is 1. The summed E-state index contributed by atoms with van der Waals surface area (Å²) < 4.78 is 24.2. The number of ketones is 1. The lowest BCUT2D eigenvalue weighted by Gasteiger charge is -2.39. The number of aliphatic hydroxyl groups is 1. The van der Waals surface area contributed by atoms with Crippen molar-refractivity contribution in [3.63, 3.8) is 0 Å². The number of hydrogen-bond donors (Lipinski definition) is 2. The minimum absolute atomic E-state index is 0.0653. The third-order valence-corrected chi connectivity index (χ3v) is 17.5. The van der Waals surface area contributed by atoms with Crippen LogP contribution >= 0.6 is 0 Å². The Morgan fingerprint density at radius 1 is 1.00 bits per heavy atom. The number of rotatable bonds is 16. The molecule has 0 saturated heterocycles. The predicted molar refractivity (Wildman–Crippen MR) is 126 cm³/mol. The molecule has 0 aromatic carbocycles. The van der Waals surface area contributed by atoms with Crippen LogP contribution in [-0.2, 0) is 21.9 Å². The largest absolute Gasteiger partial charge is 0.436 e. The van der Waals surface area contributed by atoms with Crippen LogP contribution < -0.4 is 0 Å². The van der Waals surface area contributed by atoms with E-state index >= 15 is 0 Å². The maximum Gasteiger partial charge on any atom is 0.320 e. The Balaban J connectivity index is 4.30. The van der Waals surface area contributed by atoms with Crippen LogP contribution in [-0.4, -0.2) is 69.0 Å². The summed E-state index contributed by atoms with van der Waals surface area (Å²) >= 11 is 0. The molecule has 0 amide bonds. The molecule has 0 spiro atoms. The van der Waals surface area contributed by atoms with Gasteiger partial charge in [0.2, 0.25) is 0 Å². The third kappa shape index (κ3) is 16.4. The van der Waals surface area contributed by atoms with Crippen LogP contribution in [0.15, 0.2) is 12.7 Å². The van der Waals surface area contributed by atoms with Crippen LogP contribution in [0.1, 0.15) is 19.3 Å². The fourth-order valence-electron chi connectivity index (χ4n) is 3.27. The SMILES string of the molecule is C=CC(=O)CCC(O)COCCC[Si](C)(C)O[Si](C)(C)O[Si](C)(C)O[Si](C)(C)O. The van der Waals surface area contributed by atoms with Gasteiger partial charge in [0.1, 0.15) is 0 Å². The fourth-order valence-corrected chi connectivity index (χ4v) is 20.6. The second-order valence-corrected chi connectivity index (χ2v) is 24.3. The van der Waals surface area contributed by atoms with Gasteiger partial charge in [0.15, 0.2) is 14.1 Å². The van der Waals surface area contributed by atoms with Gasteiger partial charge in [-0.05, 0) is 77.3 Å². The highest BCUT2D eigenvalue weighted by Crippen LogP contribution is 2.25. The molecular weight excluding hydrogens is 441 g/mol. The van der Waals surface area contributed by atoms with E-state index in [0.29, 0.717) is 19.4 Å². The summed E-state index contributed by atoms with van der Waals surface area (Å²) in [6.07, 6.45) is 2.17. The number of aliphatic hydroxyl groups excluding tert-OH is 1. The lowest BCUT2D eigenvalue weighted by atomic mass is 10.1. The first-order chi connectivity index (χ1) is 13.0. The highest BCUT2D eigenvalue weighted by molar-refractivity contribution is 6.88. The Bertz CT molecular complexity index is 519. The summed E-state index contributed by atoms with van der Waals surface area (Å²) in [4.78, 5) is 21.2. The van der Waals surface area contributed by atoms with Crippen molar-refractivity contribution in [3.05, 3.63) is 12.7 Å². The van der Waals surface area contributed by atoms with Gasteiger partial charge in [-0.15, -0.1) is 0 Å². The number of hydrogen-bond acceptors (Lipinski definition) is 7. The van der Waals surface area contributed by atoms with Gasteiger partial charge < -0.3 is 27.0 Å². The third-order valence-electron chi connectivity index (χ3n) is 3.84. The Hall–Kier alpha value is 0.0375. The first-order valence-corrected chi connectivity index (χ1v) is 21.8. The molecule has 7 nitrogen and oxygen atoms in total. The van der Waals surface area contributed by atoms with E-state index < -0.39 is 40.1 Å². The van der Waals surface area contributed by atoms with Gasteiger partial charge in [0.25, 0.3) is 0 Å². The molecule has 29 heavy (non-hydrogen) atoms. The molecule has 0 aromatic rings. The van der Waals surface area contributed by atoms with Gasteiger partial charge in [-0.25, -0.2) is 0 Å². The van der Waals surface area contributed by atoms with Crippen LogP contribution in [0.2, 0.25) is 58.4 Å². The molecule has 1 unspecified atom stereocenters. The molecule has 0 aliphatic rings. The molecule has 0 heterocycles. The summed E-state index contributed by atoms with van der Waals surface area (Å²) in [5.74, 6) is -0.0653. The van der Waals surface area contributed by atoms with Crippen molar-refractivity contribution in [2.45, 2.75) is 83.8 Å². The summed E-state index contributed by atoms with van der Waals surface area (Å²) in [5, 5.41) is 9.83. The average molecular weight is 483 g/mol. The van der Waals surface area contributed by atoms with E-state index in [2.05, 4.69) is 19.7 Å². The first-order valence-electron chi connectivity index (χ1n) is 10.2. The van der Waals surface area contributed by atoms with Crippen LogP contribution in [0.4, 0.5) is 0 Å². The summed E-state index contributed by atoms with van der Waals surface area (Å²) in [6.45, 7) is 20.0. The maximum absolute atomic E-state index is 11.2. The number of carbonyl (C=O) groups excluding carboxylic acids is 1. The van der Waals surface area contributed by atoms with Gasteiger partial charge >= 0.3 is 25.7 Å². The Labute approximate surface area is 181 Å². The van der Waals surface area contributed by atoms with Crippen LogP contribution in [0.25, 0.3) is 0 Å². The molecule has 11 heteroatoms. The molecule has 0 rings (SSSR count). The molecule has 1 atom stereocenters. The van der Waals surface area contributed by atoms with Crippen molar-refractivity contribution in [2.24, 2.45) is 0 Å². The molecule has 0 aliphatic heterocycles. The van der Waals surface area contributed by atoms with Gasteiger partial charge in [0.05, 0.1) is 12.7 Å². The Morgan fingerprint density at radius 2 is 1.55 bits per heavy atom. The van der Waals surface area contributed by atoms with E-state index in [4.69, 9.17) is 17.1 Å². The van der Waals surface area contributed by atoms with Crippen LogP contribution in [0.3, 0.4) is 0 Å². The molecule has 0 fully saturated rings. The zero-order chi connectivity index (χ0) is 22.9. The van der Waals surface area contributed by atoms with Crippen molar-refractivity contribution in [3.8, 4) is 0 Å². The van der Waals surface area contributed by atoms with Crippen molar-refractivity contribution >= 4 is 39.8 Å². The quantitative estimate of drug-likeness (QED) is 0.197. The minimum Gasteiger partial charge on any atom is -0.436 e. The average Bonchev–Trinajstić information content (AvgIpc) is 2.46. The molecule has 172 valence electrons. The van der Waals surface area contributed by atoms with Crippen molar-refractivity contribution in [1.29, 1.82) is 0 Å². The van der Waals surface area contributed by atoms with E-state index in [9.17, 15) is 14.7 Å². The Kier molecular flexibility index (Phi) is 12.2. The van der Waals surface area contributed by atoms with Crippen LogP contribution in [0, 0.1) is 0 Å². The summed E-state index contributed by atoms with van der Waals surface area (Å²) in [7, 11) is -9.46. The molecule has 0 radical (unpaired) electrons. The normalized spacial score (nSPS) is 14.7. The molecule has 0 aliphatic carbocycles. The second-order valence-electron chi connectivity index (χ2n) is 9.35. The smallest absolute Gasteiger partial charge is 0.320 e. The van der Waals surface area contributed by atoms with Gasteiger partial charge in [-0.1, -0.05) is 6.58 Å². The molecule has 0 saturated carbocycles. The van der Waals surface area contributed by atoms with E-state index in [1.807, 2.05) is 26.2 Å². The van der Waals surface area contributed by atoms with Crippen LogP contribution in [0.5, 0.6) is 0 Å². The maximum atomic E-state index is 11.2. The van der Waals surface area contributed by atoms with Gasteiger partial charge in [-0.2, -0.15) is 0 Å².